The fourth-order valence-electron chi connectivity index (χ4n) is 6.14. The van der Waals surface area contributed by atoms with Crippen LogP contribution in [-0.2, 0) is 17.8 Å². The summed E-state index contributed by atoms with van der Waals surface area (Å²) in [5.74, 6) is 1.86. The van der Waals surface area contributed by atoms with E-state index in [1.54, 1.807) is 7.11 Å². The lowest BCUT2D eigenvalue weighted by molar-refractivity contribution is 0.0510. The highest BCUT2D eigenvalue weighted by atomic mass is 16.6. The van der Waals surface area contributed by atoms with E-state index in [1.165, 1.54) is 22.5 Å². The summed E-state index contributed by atoms with van der Waals surface area (Å²) in [4.78, 5) is 13.3. The third-order valence-electron chi connectivity index (χ3n) is 8.28. The number of rotatable bonds is 11. The topological polar surface area (TPSA) is 61.8 Å². The van der Waals surface area contributed by atoms with Crippen molar-refractivity contribution in [3.63, 3.8) is 0 Å². The average Bonchev–Trinajstić information content (AvgIpc) is 3.63. The van der Waals surface area contributed by atoms with Crippen molar-refractivity contribution in [2.24, 2.45) is 5.16 Å². The van der Waals surface area contributed by atoms with Gasteiger partial charge in [0.2, 0.25) is 0 Å². The molecule has 0 spiro atoms. The zero-order valence-electron chi connectivity index (χ0n) is 25.1. The Kier molecular flexibility index (Phi) is 8.70. The van der Waals surface area contributed by atoms with Crippen molar-refractivity contribution >= 4 is 22.8 Å². The van der Waals surface area contributed by atoms with Crippen LogP contribution in [0.15, 0.2) is 71.9 Å². The molecule has 0 aromatic heterocycles. The van der Waals surface area contributed by atoms with E-state index < -0.39 is 0 Å². The van der Waals surface area contributed by atoms with Gasteiger partial charge in [-0.2, -0.15) is 0 Å². The smallest absolute Gasteiger partial charge is 0.145 e. The summed E-state index contributed by atoms with van der Waals surface area (Å²) in [5.41, 5.74) is 7.36. The lowest BCUT2D eigenvalue weighted by Gasteiger charge is -2.37. The molecule has 1 N–H and O–H groups in total. The first-order valence-corrected chi connectivity index (χ1v) is 15.2. The molecule has 0 amide bonds. The van der Waals surface area contributed by atoms with Gasteiger partial charge < -0.3 is 29.4 Å². The average molecular weight is 570 g/mol. The minimum absolute atomic E-state index is 0.126. The molecule has 0 bridgehead atoms. The minimum atomic E-state index is 0.126. The van der Waals surface area contributed by atoms with Crippen molar-refractivity contribution in [1.29, 1.82) is 0 Å². The third-order valence-corrected chi connectivity index (χ3v) is 8.28. The van der Waals surface area contributed by atoms with Crippen LogP contribution in [0.1, 0.15) is 31.4 Å². The van der Waals surface area contributed by atoms with Gasteiger partial charge in [0.05, 0.1) is 31.2 Å². The first-order chi connectivity index (χ1) is 20.5. The fraction of sp³-hybridized carbons (Fsp3) is 0.441. The quantitative estimate of drug-likeness (QED) is 0.331. The van der Waals surface area contributed by atoms with Crippen LogP contribution < -0.4 is 24.6 Å². The standard InChI is InChI=1S/C34H43N5O3/c1-25(2)41-34-10-5-4-9-32(34)38-17-15-37(16-18-38)24-31-20-29(36-42-31)23-39-14-13-27-11-12-28(21-33(27)39)35-22-26-7-6-8-30(19-26)40-3/h4-12,19,21,25,31,35H,13-18,20,22-24H2,1-3H3. The SMILES string of the molecule is COc1cccc(CNc2ccc3c(c2)N(CC2=NOC(CN4CCN(c5ccccc5OC(C)C)CC4)C2)CC3)c1. The van der Waals surface area contributed by atoms with Crippen molar-refractivity contribution in [3.05, 3.63) is 77.9 Å². The van der Waals surface area contributed by atoms with E-state index in [9.17, 15) is 0 Å². The molecule has 3 aliphatic heterocycles. The Morgan fingerprint density at radius 2 is 1.81 bits per heavy atom. The molecule has 3 aromatic carbocycles. The molecule has 3 aliphatic rings. The van der Waals surface area contributed by atoms with Crippen LogP contribution in [0.5, 0.6) is 11.5 Å². The maximum absolute atomic E-state index is 6.06. The minimum Gasteiger partial charge on any atom is -0.497 e. The van der Waals surface area contributed by atoms with E-state index >= 15 is 0 Å². The summed E-state index contributed by atoms with van der Waals surface area (Å²) in [6.45, 7) is 11.7. The van der Waals surface area contributed by atoms with Crippen LogP contribution in [-0.4, -0.2) is 75.7 Å². The molecule has 1 saturated heterocycles. The number of nitrogens with one attached hydrogen (secondary N) is 1. The number of hydrogen-bond acceptors (Lipinski definition) is 8. The van der Waals surface area contributed by atoms with Gasteiger partial charge in [-0.1, -0.05) is 35.5 Å². The van der Waals surface area contributed by atoms with Crippen LogP contribution in [0.4, 0.5) is 17.1 Å². The molecular weight excluding hydrogens is 526 g/mol. The van der Waals surface area contributed by atoms with Crippen molar-refractivity contribution in [2.45, 2.75) is 45.4 Å². The van der Waals surface area contributed by atoms with Gasteiger partial charge in [0, 0.05) is 63.6 Å². The second-order valence-corrected chi connectivity index (χ2v) is 11.7. The maximum Gasteiger partial charge on any atom is 0.145 e. The molecule has 1 atom stereocenters. The van der Waals surface area contributed by atoms with Gasteiger partial charge in [-0.3, -0.25) is 4.90 Å². The van der Waals surface area contributed by atoms with E-state index in [2.05, 4.69) is 87.6 Å². The predicted octanol–water partition coefficient (Wildman–Crippen LogP) is 5.42. The lowest BCUT2D eigenvalue weighted by Crippen LogP contribution is -2.48. The largest absolute Gasteiger partial charge is 0.497 e. The molecule has 1 unspecified atom stereocenters. The number of piperazine rings is 1. The molecule has 8 heteroatoms. The van der Waals surface area contributed by atoms with Gasteiger partial charge in [0.1, 0.15) is 17.6 Å². The van der Waals surface area contributed by atoms with Crippen molar-refractivity contribution < 1.29 is 14.3 Å². The van der Waals surface area contributed by atoms with Crippen LogP contribution >= 0.6 is 0 Å². The number of hydrogen-bond donors (Lipinski definition) is 1. The molecule has 1 fully saturated rings. The highest BCUT2D eigenvalue weighted by molar-refractivity contribution is 5.90. The zero-order chi connectivity index (χ0) is 28.9. The molecule has 42 heavy (non-hydrogen) atoms. The Bertz CT molecular complexity index is 1390. The number of oxime groups is 1. The molecule has 222 valence electrons. The van der Waals surface area contributed by atoms with Crippen molar-refractivity contribution in [3.8, 4) is 11.5 Å². The number of benzene rings is 3. The van der Waals surface area contributed by atoms with Gasteiger partial charge >= 0.3 is 0 Å². The van der Waals surface area contributed by atoms with Crippen molar-refractivity contribution in [1.82, 2.24) is 4.90 Å². The van der Waals surface area contributed by atoms with E-state index in [-0.39, 0.29) is 12.2 Å². The van der Waals surface area contributed by atoms with E-state index in [0.29, 0.717) is 0 Å². The summed E-state index contributed by atoms with van der Waals surface area (Å²) < 4.78 is 11.4. The van der Waals surface area contributed by atoms with Crippen LogP contribution in [0, 0.1) is 0 Å². The highest BCUT2D eigenvalue weighted by Gasteiger charge is 2.29. The van der Waals surface area contributed by atoms with Gasteiger partial charge in [-0.15, -0.1) is 0 Å². The number of methoxy groups -OCH3 is 1. The zero-order valence-corrected chi connectivity index (χ0v) is 25.1. The van der Waals surface area contributed by atoms with Gasteiger partial charge in [-0.05, 0) is 67.8 Å². The molecule has 0 radical (unpaired) electrons. The van der Waals surface area contributed by atoms with Crippen LogP contribution in [0.25, 0.3) is 0 Å². The number of fused-ring (bicyclic) bond motifs is 1. The Morgan fingerprint density at radius 1 is 0.952 bits per heavy atom. The van der Waals surface area contributed by atoms with E-state index in [1.807, 2.05) is 18.2 Å². The molecule has 3 aromatic rings. The van der Waals surface area contributed by atoms with Crippen LogP contribution in [0.2, 0.25) is 0 Å². The second-order valence-electron chi connectivity index (χ2n) is 11.7. The summed E-state index contributed by atoms with van der Waals surface area (Å²) in [6, 6.07) is 23.3. The summed E-state index contributed by atoms with van der Waals surface area (Å²) in [7, 11) is 1.70. The van der Waals surface area contributed by atoms with Crippen LogP contribution in [0.3, 0.4) is 0 Å². The summed E-state index contributed by atoms with van der Waals surface area (Å²) in [5, 5.41) is 8.11. The number of ether oxygens (including phenoxy) is 2. The molecule has 0 aliphatic carbocycles. The molecule has 3 heterocycles. The van der Waals surface area contributed by atoms with E-state index in [0.717, 1.165) is 88.1 Å². The molecular formula is C34H43N5O3. The normalized spacial score (nSPS) is 18.6. The second kappa shape index (κ2) is 12.9. The molecule has 6 rings (SSSR count). The first-order valence-electron chi connectivity index (χ1n) is 15.2. The fourth-order valence-corrected chi connectivity index (χ4v) is 6.14. The summed E-state index contributed by atoms with van der Waals surface area (Å²) >= 11 is 0. The maximum atomic E-state index is 6.06. The molecule has 8 nitrogen and oxygen atoms in total. The Morgan fingerprint density at radius 3 is 2.64 bits per heavy atom. The monoisotopic (exact) mass is 569 g/mol. The number of anilines is 3. The first kappa shape index (κ1) is 28.2. The van der Waals surface area contributed by atoms with Gasteiger partial charge in [-0.25, -0.2) is 0 Å². The Balaban J connectivity index is 0.978. The molecule has 0 saturated carbocycles. The predicted molar refractivity (Wildman–Crippen MR) is 170 cm³/mol. The highest BCUT2D eigenvalue weighted by Crippen LogP contribution is 2.32. The lowest BCUT2D eigenvalue weighted by atomic mass is 10.1. The number of nitrogens with zero attached hydrogens (tertiary/aromatic N) is 4. The number of para-hydroxylation sites is 2. The van der Waals surface area contributed by atoms with Gasteiger partial charge in [0.25, 0.3) is 0 Å². The third kappa shape index (κ3) is 6.76. The summed E-state index contributed by atoms with van der Waals surface area (Å²) in [6.07, 6.45) is 2.25. The van der Waals surface area contributed by atoms with Crippen molar-refractivity contribution in [2.75, 3.05) is 68.0 Å². The Hall–Kier alpha value is -3.91. The van der Waals surface area contributed by atoms with Gasteiger partial charge in [0.15, 0.2) is 0 Å². The Labute approximate surface area is 249 Å². The van der Waals surface area contributed by atoms with E-state index in [4.69, 9.17) is 14.3 Å².